The number of unbranched alkanes of at least 4 members (excludes halogenated alkanes) is 3. The first-order valence-corrected chi connectivity index (χ1v) is 20.3. The van der Waals surface area contributed by atoms with Gasteiger partial charge in [0.2, 0.25) is 0 Å². The van der Waals surface area contributed by atoms with Gasteiger partial charge >= 0.3 is 173 Å². The standard InChI is InChI=1S/C10H13O3S.3C4H9.Sn/c1-14(11,12)13-9-5-8-10-6-3-2-4-7-10;3*1-3-4-2;/h2-4,6-7,9H,5,8H2,1H3;3*1,3-4H2,2H3;. The van der Waals surface area contributed by atoms with Gasteiger partial charge in [0.1, 0.15) is 0 Å². The molecule has 0 fully saturated rings. The zero-order valence-corrected chi connectivity index (χ0v) is 21.5. The Morgan fingerprint density at radius 1 is 0.889 bits per heavy atom. The maximum atomic E-state index is 12.1. The summed E-state index contributed by atoms with van der Waals surface area (Å²) in [6.45, 7) is 6.73. The van der Waals surface area contributed by atoms with Gasteiger partial charge in [0.05, 0.1) is 0 Å². The molecule has 0 aliphatic heterocycles. The van der Waals surface area contributed by atoms with Gasteiger partial charge in [0.25, 0.3) is 0 Å². The summed E-state index contributed by atoms with van der Waals surface area (Å²) in [5, 5.41) is 0. The Kier molecular flexibility index (Phi) is 12.2. The molecule has 0 aliphatic carbocycles. The first-order valence-electron chi connectivity index (χ1n) is 10.8. The van der Waals surface area contributed by atoms with E-state index in [-0.39, 0.29) is 4.12 Å². The van der Waals surface area contributed by atoms with E-state index in [1.165, 1.54) is 63.7 Å². The van der Waals surface area contributed by atoms with Gasteiger partial charge in [-0.05, 0) is 0 Å². The molecule has 0 heterocycles. The van der Waals surface area contributed by atoms with Crippen molar-refractivity contribution in [3.05, 3.63) is 35.9 Å². The molecule has 1 rings (SSSR count). The Labute approximate surface area is 172 Å². The zero-order chi connectivity index (χ0) is 20.2. The summed E-state index contributed by atoms with van der Waals surface area (Å²) in [4.78, 5) is 0. The summed E-state index contributed by atoms with van der Waals surface area (Å²) in [6, 6.07) is 10.4. The second-order valence-corrected chi connectivity index (χ2v) is 23.5. The van der Waals surface area contributed by atoms with Crippen LogP contribution in [0.1, 0.15) is 71.3 Å². The van der Waals surface area contributed by atoms with Gasteiger partial charge in [-0.25, -0.2) is 0 Å². The predicted octanol–water partition coefficient (Wildman–Crippen LogP) is 6.35. The molecule has 156 valence electrons. The molecule has 0 radical (unpaired) electrons. The molecule has 0 unspecified atom stereocenters. The molecule has 0 N–H and O–H groups in total. The Morgan fingerprint density at radius 3 is 1.78 bits per heavy atom. The molecule has 1 aromatic rings. The molecule has 1 atom stereocenters. The SMILES string of the molecule is CCC[CH2][Sn]([CH2]CCC)([CH2]CCC)[C@@H](CCc1ccccc1)OS(C)(=O)=O. The third-order valence-corrected chi connectivity index (χ3v) is 23.3. The molecule has 0 bridgehead atoms. The molecule has 27 heavy (non-hydrogen) atoms. The van der Waals surface area contributed by atoms with Crippen molar-refractivity contribution in [2.24, 2.45) is 0 Å². The van der Waals surface area contributed by atoms with Crippen LogP contribution < -0.4 is 0 Å². The topological polar surface area (TPSA) is 43.4 Å². The van der Waals surface area contributed by atoms with Gasteiger partial charge in [-0.15, -0.1) is 0 Å². The van der Waals surface area contributed by atoms with Gasteiger partial charge < -0.3 is 0 Å². The van der Waals surface area contributed by atoms with Crippen LogP contribution in [0.15, 0.2) is 30.3 Å². The first-order chi connectivity index (χ1) is 12.9. The van der Waals surface area contributed by atoms with Crippen LogP contribution in [0.25, 0.3) is 0 Å². The summed E-state index contributed by atoms with van der Waals surface area (Å²) in [5.74, 6) is 0. The van der Waals surface area contributed by atoms with E-state index in [4.69, 9.17) is 4.18 Å². The molecule has 0 amide bonds. The van der Waals surface area contributed by atoms with Gasteiger partial charge in [0.15, 0.2) is 0 Å². The molecule has 0 aromatic heterocycles. The number of hydrogen-bond donors (Lipinski definition) is 0. The molecule has 0 saturated carbocycles. The van der Waals surface area contributed by atoms with Gasteiger partial charge in [0, 0.05) is 0 Å². The van der Waals surface area contributed by atoms with E-state index < -0.39 is 28.5 Å². The fourth-order valence-corrected chi connectivity index (χ4v) is 24.1. The van der Waals surface area contributed by atoms with E-state index in [9.17, 15) is 8.42 Å². The van der Waals surface area contributed by atoms with Crippen molar-refractivity contribution in [1.82, 2.24) is 0 Å². The summed E-state index contributed by atoms with van der Waals surface area (Å²) in [5.41, 5.74) is 1.28. The maximum absolute atomic E-state index is 12.1. The third kappa shape index (κ3) is 9.80. The van der Waals surface area contributed by atoms with E-state index in [1.54, 1.807) is 0 Å². The molecule has 1 aromatic carbocycles. The monoisotopic (exact) mass is 504 g/mol. The average Bonchev–Trinajstić information content (AvgIpc) is 2.65. The van der Waals surface area contributed by atoms with Crippen molar-refractivity contribution in [2.45, 2.75) is 89.6 Å². The number of hydrogen-bond acceptors (Lipinski definition) is 3. The number of rotatable bonds is 15. The van der Waals surface area contributed by atoms with Crippen LogP contribution in [0.5, 0.6) is 0 Å². The van der Waals surface area contributed by atoms with E-state index in [1.807, 2.05) is 6.07 Å². The summed E-state index contributed by atoms with van der Waals surface area (Å²) >= 11 is -2.78. The second kappa shape index (κ2) is 13.2. The Bertz CT molecular complexity index is 579. The molecule has 5 heteroatoms. The van der Waals surface area contributed by atoms with Crippen LogP contribution in [0.4, 0.5) is 0 Å². The fraction of sp³-hybridized carbons (Fsp3) is 0.727. The van der Waals surface area contributed by atoms with Crippen molar-refractivity contribution in [2.75, 3.05) is 6.26 Å². The van der Waals surface area contributed by atoms with E-state index >= 15 is 0 Å². The minimum absolute atomic E-state index is 0.0286. The summed E-state index contributed by atoms with van der Waals surface area (Å²) in [7, 11) is -3.43. The van der Waals surface area contributed by atoms with Crippen LogP contribution in [0.2, 0.25) is 13.3 Å². The van der Waals surface area contributed by atoms with Crippen LogP contribution in [-0.4, -0.2) is 37.2 Å². The quantitative estimate of drug-likeness (QED) is 0.207. The van der Waals surface area contributed by atoms with Crippen molar-refractivity contribution < 1.29 is 12.6 Å². The van der Waals surface area contributed by atoms with Crippen molar-refractivity contribution in [3.63, 3.8) is 0 Å². The Balaban J connectivity index is 3.13. The molecule has 0 spiro atoms. The Hall–Kier alpha value is -0.0713. The van der Waals surface area contributed by atoms with Gasteiger partial charge in [-0.2, -0.15) is 0 Å². The summed E-state index contributed by atoms with van der Waals surface area (Å²) < 4.78 is 33.9. The van der Waals surface area contributed by atoms with E-state index in [2.05, 4.69) is 45.0 Å². The molecule has 0 saturated heterocycles. The Morgan fingerprint density at radius 2 is 1.37 bits per heavy atom. The number of aryl methyl sites for hydroxylation is 1. The molecule has 3 nitrogen and oxygen atoms in total. The summed E-state index contributed by atoms with van der Waals surface area (Å²) in [6.07, 6.45) is 10.2. The average molecular weight is 503 g/mol. The van der Waals surface area contributed by atoms with Gasteiger partial charge in [-0.3, -0.25) is 0 Å². The third-order valence-electron chi connectivity index (χ3n) is 5.60. The van der Waals surface area contributed by atoms with E-state index in [0.717, 1.165) is 12.8 Å². The molecular weight excluding hydrogens is 463 g/mol. The van der Waals surface area contributed by atoms with Crippen LogP contribution in [0.3, 0.4) is 0 Å². The normalized spacial score (nSPS) is 13.6. The first kappa shape index (κ1) is 25.0. The van der Waals surface area contributed by atoms with E-state index in [0.29, 0.717) is 0 Å². The minimum atomic E-state index is -3.43. The molecule has 0 aliphatic rings. The molecular formula is C22H40O3SSn. The number of benzene rings is 1. The van der Waals surface area contributed by atoms with Crippen molar-refractivity contribution >= 4 is 28.5 Å². The van der Waals surface area contributed by atoms with Crippen LogP contribution in [0, 0.1) is 0 Å². The van der Waals surface area contributed by atoms with Crippen LogP contribution >= 0.6 is 0 Å². The van der Waals surface area contributed by atoms with Crippen molar-refractivity contribution in [3.8, 4) is 0 Å². The predicted molar refractivity (Wildman–Crippen MR) is 119 cm³/mol. The van der Waals surface area contributed by atoms with Crippen molar-refractivity contribution in [1.29, 1.82) is 0 Å². The zero-order valence-electron chi connectivity index (χ0n) is 17.9. The second-order valence-electron chi connectivity index (χ2n) is 7.99. The van der Waals surface area contributed by atoms with Crippen LogP contribution in [-0.2, 0) is 20.7 Å². The fourth-order valence-electron chi connectivity index (χ4n) is 4.05. The van der Waals surface area contributed by atoms with Gasteiger partial charge in [-0.1, -0.05) is 0 Å².